The largest absolute Gasteiger partial charge is 0.363 e. The van der Waals surface area contributed by atoms with Gasteiger partial charge in [0.1, 0.15) is 0 Å². The zero-order valence-electron chi connectivity index (χ0n) is 11.7. The summed E-state index contributed by atoms with van der Waals surface area (Å²) >= 11 is 6.10. The van der Waals surface area contributed by atoms with Crippen molar-refractivity contribution < 1.29 is 0 Å². The average Bonchev–Trinajstić information content (AvgIpc) is 2.48. The van der Waals surface area contributed by atoms with Crippen LogP contribution in [0.4, 0.5) is 5.82 Å². The van der Waals surface area contributed by atoms with Gasteiger partial charge in [-0.15, -0.1) is 10.2 Å². The molecule has 1 aromatic heterocycles. The van der Waals surface area contributed by atoms with Crippen molar-refractivity contribution in [1.29, 1.82) is 0 Å². The highest BCUT2D eigenvalue weighted by atomic mass is 35.5. The second-order valence-electron chi connectivity index (χ2n) is 4.85. The van der Waals surface area contributed by atoms with E-state index in [4.69, 9.17) is 11.6 Å². The summed E-state index contributed by atoms with van der Waals surface area (Å²) in [6.07, 6.45) is 3.16. The number of nitrogens with one attached hydrogen (secondary N) is 1. The van der Waals surface area contributed by atoms with Gasteiger partial charge in [-0.1, -0.05) is 56.6 Å². The number of aromatic nitrogens is 2. The van der Waals surface area contributed by atoms with Gasteiger partial charge in [-0.25, -0.2) is 0 Å². The van der Waals surface area contributed by atoms with Crippen molar-refractivity contribution in [3.8, 4) is 0 Å². The van der Waals surface area contributed by atoms with Crippen LogP contribution in [0.2, 0.25) is 5.15 Å². The summed E-state index contributed by atoms with van der Waals surface area (Å²) in [5.41, 5.74) is 0.0747. The van der Waals surface area contributed by atoms with Gasteiger partial charge in [0.2, 0.25) is 0 Å². The lowest BCUT2D eigenvalue weighted by atomic mass is 9.89. The Morgan fingerprint density at radius 1 is 1.00 bits per heavy atom. The SMILES string of the molecule is CCC(CC)(CC)Nc1nnc(Cl)c2ccccc12. The molecule has 2 rings (SSSR count). The van der Waals surface area contributed by atoms with Crippen LogP contribution in [-0.4, -0.2) is 15.7 Å². The molecule has 1 aromatic carbocycles. The zero-order valence-corrected chi connectivity index (χ0v) is 12.5. The highest BCUT2D eigenvalue weighted by molar-refractivity contribution is 6.34. The lowest BCUT2D eigenvalue weighted by Crippen LogP contribution is -2.36. The number of hydrogen-bond donors (Lipinski definition) is 1. The van der Waals surface area contributed by atoms with Crippen LogP contribution in [0.3, 0.4) is 0 Å². The van der Waals surface area contributed by atoms with E-state index in [1.54, 1.807) is 0 Å². The molecule has 0 aliphatic heterocycles. The molecule has 0 atom stereocenters. The normalized spacial score (nSPS) is 11.8. The Bertz CT molecular complexity index is 556. The van der Waals surface area contributed by atoms with Gasteiger partial charge in [0.15, 0.2) is 11.0 Å². The molecule has 0 aliphatic carbocycles. The third kappa shape index (κ3) is 2.66. The summed E-state index contributed by atoms with van der Waals surface area (Å²) in [6.45, 7) is 6.60. The lowest BCUT2D eigenvalue weighted by Gasteiger charge is -2.32. The van der Waals surface area contributed by atoms with E-state index < -0.39 is 0 Å². The van der Waals surface area contributed by atoms with E-state index in [0.29, 0.717) is 5.15 Å². The minimum Gasteiger partial charge on any atom is -0.363 e. The van der Waals surface area contributed by atoms with Crippen molar-refractivity contribution in [3.63, 3.8) is 0 Å². The first kappa shape index (κ1) is 14.1. The van der Waals surface area contributed by atoms with Crippen molar-refractivity contribution in [3.05, 3.63) is 29.4 Å². The smallest absolute Gasteiger partial charge is 0.159 e. The van der Waals surface area contributed by atoms with Crippen molar-refractivity contribution in [1.82, 2.24) is 10.2 Å². The van der Waals surface area contributed by atoms with Crippen molar-refractivity contribution >= 4 is 28.2 Å². The lowest BCUT2D eigenvalue weighted by molar-refractivity contribution is 0.419. The van der Waals surface area contributed by atoms with Gasteiger partial charge < -0.3 is 5.32 Å². The van der Waals surface area contributed by atoms with Gasteiger partial charge in [-0.3, -0.25) is 0 Å². The molecule has 1 heterocycles. The Morgan fingerprint density at radius 2 is 1.58 bits per heavy atom. The number of benzene rings is 1. The Kier molecular flexibility index (Phi) is 4.25. The molecule has 0 unspecified atom stereocenters. The summed E-state index contributed by atoms with van der Waals surface area (Å²) in [5, 5.41) is 14.3. The van der Waals surface area contributed by atoms with E-state index in [-0.39, 0.29) is 5.54 Å². The monoisotopic (exact) mass is 277 g/mol. The fourth-order valence-corrected chi connectivity index (χ4v) is 2.63. The van der Waals surface area contributed by atoms with Crippen LogP contribution < -0.4 is 5.32 Å². The van der Waals surface area contributed by atoms with Gasteiger partial charge in [0.05, 0.1) is 0 Å². The van der Waals surface area contributed by atoms with Gasteiger partial charge in [0, 0.05) is 16.3 Å². The van der Waals surface area contributed by atoms with Crippen LogP contribution in [0.1, 0.15) is 40.0 Å². The summed E-state index contributed by atoms with van der Waals surface area (Å²) in [6, 6.07) is 7.97. The third-order valence-corrected chi connectivity index (χ3v) is 4.34. The molecule has 0 saturated heterocycles. The Morgan fingerprint density at radius 3 is 2.16 bits per heavy atom. The van der Waals surface area contributed by atoms with E-state index in [1.165, 1.54) is 0 Å². The van der Waals surface area contributed by atoms with Gasteiger partial charge in [-0.05, 0) is 19.3 Å². The number of rotatable bonds is 5. The maximum absolute atomic E-state index is 6.10. The molecule has 0 aliphatic rings. The number of fused-ring (bicyclic) bond motifs is 1. The molecule has 1 N–H and O–H groups in total. The number of nitrogens with zero attached hydrogens (tertiary/aromatic N) is 2. The molecule has 0 bridgehead atoms. The molecular formula is C15H20ClN3. The van der Waals surface area contributed by atoms with Crippen LogP contribution in [0.5, 0.6) is 0 Å². The first-order valence-corrected chi connectivity index (χ1v) is 7.22. The minimum atomic E-state index is 0.0747. The quantitative estimate of drug-likeness (QED) is 0.863. The molecule has 19 heavy (non-hydrogen) atoms. The van der Waals surface area contributed by atoms with E-state index in [0.717, 1.165) is 35.9 Å². The number of anilines is 1. The molecule has 102 valence electrons. The molecule has 2 aromatic rings. The van der Waals surface area contributed by atoms with Crippen molar-refractivity contribution in [2.45, 2.75) is 45.6 Å². The van der Waals surface area contributed by atoms with Crippen LogP contribution >= 0.6 is 11.6 Å². The highest BCUT2D eigenvalue weighted by Gasteiger charge is 2.25. The summed E-state index contributed by atoms with van der Waals surface area (Å²) in [5.74, 6) is 0.825. The summed E-state index contributed by atoms with van der Waals surface area (Å²) < 4.78 is 0. The fraction of sp³-hybridized carbons (Fsp3) is 0.467. The van der Waals surface area contributed by atoms with Gasteiger partial charge >= 0.3 is 0 Å². The van der Waals surface area contributed by atoms with Crippen LogP contribution in [0.15, 0.2) is 24.3 Å². The predicted octanol–water partition coefficient (Wildman–Crippen LogP) is 4.66. The van der Waals surface area contributed by atoms with Crippen molar-refractivity contribution in [2.75, 3.05) is 5.32 Å². The van der Waals surface area contributed by atoms with E-state index in [1.807, 2.05) is 24.3 Å². The third-order valence-electron chi connectivity index (χ3n) is 4.06. The fourth-order valence-electron chi connectivity index (χ4n) is 2.43. The van der Waals surface area contributed by atoms with Crippen molar-refractivity contribution in [2.24, 2.45) is 0 Å². The molecule has 0 radical (unpaired) electrons. The maximum Gasteiger partial charge on any atom is 0.159 e. The molecule has 0 spiro atoms. The van der Waals surface area contributed by atoms with E-state index >= 15 is 0 Å². The molecule has 4 heteroatoms. The van der Waals surface area contributed by atoms with Crippen LogP contribution in [0.25, 0.3) is 10.8 Å². The Hall–Kier alpha value is -1.35. The summed E-state index contributed by atoms with van der Waals surface area (Å²) in [7, 11) is 0. The average molecular weight is 278 g/mol. The van der Waals surface area contributed by atoms with Gasteiger partial charge in [-0.2, -0.15) is 0 Å². The Labute approximate surface area is 119 Å². The second-order valence-corrected chi connectivity index (χ2v) is 5.21. The predicted molar refractivity (Wildman–Crippen MR) is 81.8 cm³/mol. The zero-order chi connectivity index (χ0) is 13.9. The molecule has 0 saturated carbocycles. The number of halogens is 1. The minimum absolute atomic E-state index is 0.0747. The topological polar surface area (TPSA) is 37.8 Å². The standard InChI is InChI=1S/C15H20ClN3/c1-4-15(5-2,6-3)17-14-12-10-8-7-9-11(12)13(16)18-19-14/h7-10H,4-6H2,1-3H3,(H,17,19). The Balaban J connectivity index is 2.49. The first-order valence-electron chi connectivity index (χ1n) is 6.85. The van der Waals surface area contributed by atoms with Gasteiger partial charge in [0.25, 0.3) is 0 Å². The second kappa shape index (κ2) is 5.74. The first-order chi connectivity index (χ1) is 9.15. The van der Waals surface area contributed by atoms with E-state index in [9.17, 15) is 0 Å². The summed E-state index contributed by atoms with van der Waals surface area (Å²) in [4.78, 5) is 0. The van der Waals surface area contributed by atoms with E-state index in [2.05, 4.69) is 36.3 Å². The molecular weight excluding hydrogens is 258 g/mol. The molecule has 0 amide bonds. The highest BCUT2D eigenvalue weighted by Crippen LogP contribution is 2.30. The molecule has 0 fully saturated rings. The van der Waals surface area contributed by atoms with Crippen LogP contribution in [0, 0.1) is 0 Å². The molecule has 3 nitrogen and oxygen atoms in total. The van der Waals surface area contributed by atoms with Crippen LogP contribution in [-0.2, 0) is 0 Å². The number of hydrogen-bond acceptors (Lipinski definition) is 3. The maximum atomic E-state index is 6.10.